The van der Waals surface area contributed by atoms with Crippen molar-refractivity contribution < 1.29 is 19.1 Å². The highest BCUT2D eigenvalue weighted by Crippen LogP contribution is 2.25. The number of carbonyl (C=O) groups excluding carboxylic acids is 1. The van der Waals surface area contributed by atoms with Gasteiger partial charge in [0.25, 0.3) is 0 Å². The molecule has 0 bridgehead atoms. The summed E-state index contributed by atoms with van der Waals surface area (Å²) in [6.07, 6.45) is 0.113. The number of rotatable bonds is 9. The fraction of sp³-hybridized carbons (Fsp3) is 0.889. The van der Waals surface area contributed by atoms with E-state index in [0.717, 1.165) is 0 Å². The third kappa shape index (κ3) is 4.56. The lowest BCUT2D eigenvalue weighted by molar-refractivity contribution is -0.159. The van der Waals surface area contributed by atoms with Crippen LogP contribution in [-0.4, -0.2) is 38.4 Å². The van der Waals surface area contributed by atoms with Gasteiger partial charge in [-0.25, -0.2) is 0 Å². The topological polar surface area (TPSA) is 126 Å². The van der Waals surface area contributed by atoms with Crippen LogP contribution >= 0.6 is 0 Å². The summed E-state index contributed by atoms with van der Waals surface area (Å²) in [5.74, 6) is -0.533. The predicted octanol–water partition coefficient (Wildman–Crippen LogP) is 1.33. The van der Waals surface area contributed by atoms with E-state index in [-0.39, 0.29) is 32.3 Å². The van der Waals surface area contributed by atoms with Gasteiger partial charge >= 0.3 is 5.97 Å². The molecule has 0 radical (unpaired) electrons. The smallest absolute Gasteiger partial charge is 0.315 e. The van der Waals surface area contributed by atoms with E-state index in [2.05, 4.69) is 20.2 Å². The Labute approximate surface area is 103 Å². The van der Waals surface area contributed by atoms with Crippen LogP contribution in [0.2, 0.25) is 0 Å². The van der Waals surface area contributed by atoms with Crippen molar-refractivity contribution in [3.05, 3.63) is 15.3 Å². The molecule has 0 saturated carbocycles. The molecule has 0 aliphatic carbocycles. The number of hydrogen-bond acceptors (Lipinski definition) is 7. The molecule has 1 fully saturated rings. The lowest BCUT2D eigenvalue weighted by Gasteiger charge is -2.24. The highest BCUT2D eigenvalue weighted by atomic mass is 16.6. The van der Waals surface area contributed by atoms with Crippen LogP contribution in [0.3, 0.4) is 0 Å². The van der Waals surface area contributed by atoms with Crippen molar-refractivity contribution in [3.8, 4) is 0 Å². The van der Waals surface area contributed by atoms with Crippen LogP contribution < -0.4 is 0 Å². The Morgan fingerprint density at radius 2 is 2.39 bits per heavy atom. The SMILES string of the molecule is CC(CCN=O)(CON=[N+]=[N-])C(=O)OCC1CO1. The van der Waals surface area contributed by atoms with E-state index in [1.165, 1.54) is 0 Å². The summed E-state index contributed by atoms with van der Waals surface area (Å²) >= 11 is 0. The van der Waals surface area contributed by atoms with Crippen LogP contribution in [0.1, 0.15) is 13.3 Å². The second-order valence-electron chi connectivity index (χ2n) is 4.16. The third-order valence-corrected chi connectivity index (χ3v) is 2.53. The predicted molar refractivity (Wildman–Crippen MR) is 59.2 cm³/mol. The molecule has 1 heterocycles. The molecule has 0 aromatic heterocycles. The highest BCUT2D eigenvalue weighted by Gasteiger charge is 2.37. The normalized spacial score (nSPS) is 20.2. The molecule has 1 rings (SSSR count). The molecule has 1 saturated heterocycles. The Kier molecular flexibility index (Phi) is 5.34. The van der Waals surface area contributed by atoms with Crippen LogP contribution in [-0.2, 0) is 19.1 Å². The number of epoxide rings is 1. The van der Waals surface area contributed by atoms with Crippen molar-refractivity contribution in [2.75, 3.05) is 26.4 Å². The molecule has 2 atom stereocenters. The molecule has 0 amide bonds. The van der Waals surface area contributed by atoms with Gasteiger partial charge < -0.3 is 14.3 Å². The van der Waals surface area contributed by atoms with E-state index < -0.39 is 11.4 Å². The van der Waals surface area contributed by atoms with Gasteiger partial charge in [0.15, 0.2) is 0 Å². The molecule has 0 spiro atoms. The summed E-state index contributed by atoms with van der Waals surface area (Å²) < 4.78 is 9.94. The van der Waals surface area contributed by atoms with E-state index in [9.17, 15) is 9.70 Å². The molecule has 0 N–H and O–H groups in total. The number of esters is 1. The monoisotopic (exact) mass is 258 g/mol. The Morgan fingerprint density at radius 1 is 1.67 bits per heavy atom. The van der Waals surface area contributed by atoms with Crippen molar-refractivity contribution in [1.29, 1.82) is 0 Å². The van der Waals surface area contributed by atoms with Crippen LogP contribution in [0.15, 0.2) is 10.5 Å². The third-order valence-electron chi connectivity index (χ3n) is 2.53. The number of azide groups is 1. The molecule has 100 valence electrons. The second-order valence-corrected chi connectivity index (χ2v) is 4.16. The van der Waals surface area contributed by atoms with E-state index in [0.29, 0.717) is 6.61 Å². The van der Waals surface area contributed by atoms with Crippen LogP contribution in [0, 0.1) is 10.3 Å². The molecule has 2 unspecified atom stereocenters. The quantitative estimate of drug-likeness (QED) is 0.117. The van der Waals surface area contributed by atoms with E-state index in [1.54, 1.807) is 6.92 Å². The second kappa shape index (κ2) is 6.77. The van der Waals surface area contributed by atoms with Gasteiger partial charge in [-0.15, -0.1) is 0 Å². The zero-order valence-electron chi connectivity index (χ0n) is 9.94. The van der Waals surface area contributed by atoms with Gasteiger partial charge in [-0.1, -0.05) is 5.18 Å². The minimum Gasteiger partial charge on any atom is -0.462 e. The molecule has 9 heteroatoms. The largest absolute Gasteiger partial charge is 0.462 e. The molecule has 0 aromatic carbocycles. The van der Waals surface area contributed by atoms with Crippen molar-refractivity contribution >= 4 is 5.97 Å². The van der Waals surface area contributed by atoms with Gasteiger partial charge in [-0.3, -0.25) is 4.79 Å². The Bertz CT molecular complexity index is 353. The summed E-state index contributed by atoms with van der Waals surface area (Å²) in [5, 5.41) is 5.59. The minimum atomic E-state index is -1.07. The first kappa shape index (κ1) is 14.2. The number of hydrogen-bond donors (Lipinski definition) is 0. The Hall–Kier alpha value is -1.86. The highest BCUT2D eigenvalue weighted by molar-refractivity contribution is 5.76. The van der Waals surface area contributed by atoms with E-state index in [4.69, 9.17) is 15.0 Å². The van der Waals surface area contributed by atoms with Gasteiger partial charge in [0.05, 0.1) is 13.2 Å². The molecule has 18 heavy (non-hydrogen) atoms. The summed E-state index contributed by atoms with van der Waals surface area (Å²) in [7, 11) is 0. The van der Waals surface area contributed by atoms with Crippen LogP contribution in [0.5, 0.6) is 0 Å². The van der Waals surface area contributed by atoms with Crippen LogP contribution in [0.25, 0.3) is 10.4 Å². The van der Waals surface area contributed by atoms with Gasteiger partial charge in [-0.2, -0.15) is 4.91 Å². The standard InChI is InChI=1S/C9H14N4O5/c1-9(2-3-11-15,6-18-13-12-10)8(14)17-5-7-4-16-7/h7H,2-6H2,1H3. The van der Waals surface area contributed by atoms with Crippen molar-refractivity contribution in [2.45, 2.75) is 19.4 Å². The first-order chi connectivity index (χ1) is 8.62. The lowest BCUT2D eigenvalue weighted by Crippen LogP contribution is -2.35. The van der Waals surface area contributed by atoms with E-state index in [1.807, 2.05) is 0 Å². The average molecular weight is 258 g/mol. The zero-order valence-corrected chi connectivity index (χ0v) is 9.94. The maximum atomic E-state index is 11.9. The summed E-state index contributed by atoms with van der Waals surface area (Å²) in [4.78, 5) is 29.0. The Morgan fingerprint density at radius 3 is 2.94 bits per heavy atom. The van der Waals surface area contributed by atoms with Gasteiger partial charge in [0, 0.05) is 4.91 Å². The fourth-order valence-electron chi connectivity index (χ4n) is 1.23. The summed E-state index contributed by atoms with van der Waals surface area (Å²) in [6.45, 7) is 2.09. The maximum absolute atomic E-state index is 11.9. The first-order valence-electron chi connectivity index (χ1n) is 5.36. The van der Waals surface area contributed by atoms with Crippen molar-refractivity contribution in [1.82, 2.24) is 0 Å². The number of carbonyl (C=O) groups is 1. The van der Waals surface area contributed by atoms with Gasteiger partial charge in [0.2, 0.25) is 0 Å². The van der Waals surface area contributed by atoms with Gasteiger partial charge in [-0.05, 0) is 18.9 Å². The summed E-state index contributed by atoms with van der Waals surface area (Å²) in [5.41, 5.74) is 7.02. The van der Waals surface area contributed by atoms with E-state index >= 15 is 0 Å². The molecule has 0 aromatic rings. The van der Waals surface area contributed by atoms with Gasteiger partial charge in [0.1, 0.15) is 30.0 Å². The Balaban J connectivity index is 2.51. The number of ether oxygens (including phenoxy) is 2. The lowest BCUT2D eigenvalue weighted by atomic mass is 9.88. The van der Waals surface area contributed by atoms with Crippen molar-refractivity contribution in [2.24, 2.45) is 15.9 Å². The number of nitrogens with zero attached hydrogens (tertiary/aromatic N) is 4. The molecule has 1 aliphatic rings. The molecule has 9 nitrogen and oxygen atoms in total. The molecular weight excluding hydrogens is 244 g/mol. The zero-order chi connectivity index (χ0) is 13.4. The minimum absolute atomic E-state index is 0.0413. The fourth-order valence-corrected chi connectivity index (χ4v) is 1.23. The maximum Gasteiger partial charge on any atom is 0.315 e. The average Bonchev–Trinajstić information content (AvgIpc) is 3.17. The first-order valence-corrected chi connectivity index (χ1v) is 5.36. The van der Waals surface area contributed by atoms with Crippen LogP contribution in [0.4, 0.5) is 0 Å². The summed E-state index contributed by atoms with van der Waals surface area (Å²) in [6, 6.07) is 0. The number of nitroso groups, excluding NO2 is 1. The molecular formula is C9H14N4O5. The van der Waals surface area contributed by atoms with Crippen molar-refractivity contribution in [3.63, 3.8) is 0 Å². The molecule has 1 aliphatic heterocycles.